The van der Waals surface area contributed by atoms with E-state index in [1.807, 2.05) is 13.8 Å². The lowest BCUT2D eigenvalue weighted by Gasteiger charge is -2.24. The van der Waals surface area contributed by atoms with Crippen molar-refractivity contribution in [2.75, 3.05) is 36.6 Å². The first-order valence-corrected chi connectivity index (χ1v) is 11.8. The second kappa shape index (κ2) is 10.9. The van der Waals surface area contributed by atoms with E-state index in [2.05, 4.69) is 10.6 Å². The third-order valence-electron chi connectivity index (χ3n) is 4.78. The van der Waals surface area contributed by atoms with E-state index in [0.717, 1.165) is 17.0 Å². The number of hydrogen-bond donors (Lipinski definition) is 2. The van der Waals surface area contributed by atoms with Gasteiger partial charge in [-0.3, -0.25) is 13.9 Å². The summed E-state index contributed by atoms with van der Waals surface area (Å²) in [6.07, 6.45) is 1.75. The van der Waals surface area contributed by atoms with Gasteiger partial charge in [-0.15, -0.1) is 0 Å². The van der Waals surface area contributed by atoms with Crippen LogP contribution in [0.3, 0.4) is 0 Å². The number of carbonyl (C=O) groups is 2. The maximum absolute atomic E-state index is 12.8. The van der Waals surface area contributed by atoms with Crippen molar-refractivity contribution in [2.24, 2.45) is 0 Å². The van der Waals surface area contributed by atoms with Crippen molar-refractivity contribution in [3.05, 3.63) is 48.0 Å². The van der Waals surface area contributed by atoms with Crippen LogP contribution in [0.15, 0.2) is 42.5 Å². The molecule has 1 atom stereocenters. The molecule has 0 saturated heterocycles. The second-order valence-corrected chi connectivity index (χ2v) is 9.09. The predicted octanol–water partition coefficient (Wildman–Crippen LogP) is 2.64. The fourth-order valence-corrected chi connectivity index (χ4v) is 3.75. The standard InChI is InChI=1S/C22H29N3O6S/c1-6-15(2)23-22(27)17-9-7-8-10-18(17)24-21(26)14-25(32(5,28)29)19-12-11-16(30-3)13-20(19)31-4/h7-13,15H,6,14H2,1-5H3,(H,23,27)(H,24,26)/t15-/m1/s1. The highest BCUT2D eigenvalue weighted by Gasteiger charge is 2.25. The third-order valence-corrected chi connectivity index (χ3v) is 5.91. The molecular weight excluding hydrogens is 434 g/mol. The summed E-state index contributed by atoms with van der Waals surface area (Å²) in [6.45, 7) is 3.32. The Morgan fingerprint density at radius 3 is 2.38 bits per heavy atom. The van der Waals surface area contributed by atoms with E-state index in [1.54, 1.807) is 30.3 Å². The van der Waals surface area contributed by atoms with Gasteiger partial charge in [-0.05, 0) is 37.6 Å². The quantitative estimate of drug-likeness (QED) is 0.560. The monoisotopic (exact) mass is 463 g/mol. The first-order chi connectivity index (χ1) is 15.1. The Bertz CT molecular complexity index is 1070. The number of benzene rings is 2. The zero-order chi connectivity index (χ0) is 23.9. The minimum absolute atomic E-state index is 0.0329. The number of nitrogens with zero attached hydrogens (tertiary/aromatic N) is 1. The molecule has 174 valence electrons. The molecule has 10 heteroatoms. The maximum Gasteiger partial charge on any atom is 0.253 e. The Morgan fingerprint density at radius 2 is 1.78 bits per heavy atom. The number of anilines is 2. The number of methoxy groups -OCH3 is 2. The summed E-state index contributed by atoms with van der Waals surface area (Å²) in [5, 5.41) is 5.49. The fraction of sp³-hybridized carbons (Fsp3) is 0.364. The van der Waals surface area contributed by atoms with Crippen LogP contribution in [0, 0.1) is 0 Å². The molecule has 2 aromatic rings. The van der Waals surface area contributed by atoms with Crippen LogP contribution in [0.4, 0.5) is 11.4 Å². The van der Waals surface area contributed by atoms with Gasteiger partial charge in [0.1, 0.15) is 18.0 Å². The highest BCUT2D eigenvalue weighted by molar-refractivity contribution is 7.92. The van der Waals surface area contributed by atoms with E-state index in [9.17, 15) is 18.0 Å². The molecule has 0 aliphatic heterocycles. The summed E-state index contributed by atoms with van der Waals surface area (Å²) < 4.78 is 36.3. The Hall–Kier alpha value is -3.27. The molecule has 32 heavy (non-hydrogen) atoms. The number of ether oxygens (including phenoxy) is 2. The summed E-state index contributed by atoms with van der Waals surface area (Å²) in [6, 6.07) is 11.1. The molecule has 2 rings (SSSR count). The summed E-state index contributed by atoms with van der Waals surface area (Å²) >= 11 is 0. The molecule has 0 bridgehead atoms. The molecular formula is C22H29N3O6S. The summed E-state index contributed by atoms with van der Waals surface area (Å²) in [5.74, 6) is -0.232. The number of sulfonamides is 1. The molecule has 0 radical (unpaired) electrons. The first-order valence-electron chi connectivity index (χ1n) is 10.00. The lowest BCUT2D eigenvalue weighted by atomic mass is 10.1. The van der Waals surface area contributed by atoms with Gasteiger partial charge in [0.05, 0.1) is 37.4 Å². The second-order valence-electron chi connectivity index (χ2n) is 7.18. The van der Waals surface area contributed by atoms with E-state index in [-0.39, 0.29) is 34.6 Å². The van der Waals surface area contributed by atoms with E-state index < -0.39 is 22.5 Å². The Labute approximate surface area is 188 Å². The van der Waals surface area contributed by atoms with Crippen LogP contribution in [-0.2, 0) is 14.8 Å². The van der Waals surface area contributed by atoms with Gasteiger partial charge in [0, 0.05) is 12.1 Å². The average Bonchev–Trinajstić information content (AvgIpc) is 2.76. The number of hydrogen-bond acceptors (Lipinski definition) is 6. The predicted molar refractivity (Wildman–Crippen MR) is 124 cm³/mol. The molecule has 0 spiro atoms. The van der Waals surface area contributed by atoms with E-state index >= 15 is 0 Å². The molecule has 2 aromatic carbocycles. The summed E-state index contributed by atoms with van der Waals surface area (Å²) in [7, 11) is -0.960. The van der Waals surface area contributed by atoms with E-state index in [0.29, 0.717) is 5.75 Å². The zero-order valence-corrected chi connectivity index (χ0v) is 19.7. The molecule has 0 fully saturated rings. The van der Waals surface area contributed by atoms with E-state index in [4.69, 9.17) is 9.47 Å². The Morgan fingerprint density at radius 1 is 1.09 bits per heavy atom. The normalized spacial score (nSPS) is 11.9. The van der Waals surface area contributed by atoms with Crippen LogP contribution in [0.5, 0.6) is 11.5 Å². The molecule has 0 saturated carbocycles. The van der Waals surface area contributed by atoms with Gasteiger partial charge in [0.25, 0.3) is 5.91 Å². The minimum atomic E-state index is -3.83. The summed E-state index contributed by atoms with van der Waals surface area (Å²) in [5.41, 5.74) is 0.760. The number of carbonyl (C=O) groups excluding carboxylic acids is 2. The molecule has 0 aliphatic carbocycles. The van der Waals surface area contributed by atoms with Crippen LogP contribution in [0.1, 0.15) is 30.6 Å². The Kier molecular flexibility index (Phi) is 8.48. The number of amides is 2. The lowest BCUT2D eigenvalue weighted by Crippen LogP contribution is -2.38. The molecule has 2 amide bonds. The van der Waals surface area contributed by atoms with Crippen LogP contribution in [0.2, 0.25) is 0 Å². The largest absolute Gasteiger partial charge is 0.497 e. The van der Waals surface area contributed by atoms with Gasteiger partial charge in [-0.25, -0.2) is 8.42 Å². The van der Waals surface area contributed by atoms with Crippen molar-refractivity contribution < 1.29 is 27.5 Å². The van der Waals surface area contributed by atoms with Crippen LogP contribution < -0.4 is 24.4 Å². The van der Waals surface area contributed by atoms with Gasteiger partial charge in [0.15, 0.2) is 0 Å². The van der Waals surface area contributed by atoms with Crippen molar-refractivity contribution in [1.82, 2.24) is 5.32 Å². The molecule has 0 aromatic heterocycles. The van der Waals surface area contributed by atoms with Crippen LogP contribution >= 0.6 is 0 Å². The molecule has 0 unspecified atom stereocenters. The number of rotatable bonds is 10. The zero-order valence-electron chi connectivity index (χ0n) is 18.8. The highest BCUT2D eigenvalue weighted by Crippen LogP contribution is 2.33. The van der Waals surface area contributed by atoms with Gasteiger partial charge < -0.3 is 20.1 Å². The van der Waals surface area contributed by atoms with Crippen molar-refractivity contribution in [3.8, 4) is 11.5 Å². The van der Waals surface area contributed by atoms with Gasteiger partial charge >= 0.3 is 0 Å². The van der Waals surface area contributed by atoms with Crippen LogP contribution in [-0.4, -0.2) is 53.3 Å². The van der Waals surface area contributed by atoms with Crippen molar-refractivity contribution in [3.63, 3.8) is 0 Å². The number of nitrogens with one attached hydrogen (secondary N) is 2. The smallest absolute Gasteiger partial charge is 0.253 e. The molecule has 9 nitrogen and oxygen atoms in total. The van der Waals surface area contributed by atoms with Gasteiger partial charge in [-0.2, -0.15) is 0 Å². The Balaban J connectivity index is 2.30. The summed E-state index contributed by atoms with van der Waals surface area (Å²) in [4.78, 5) is 25.4. The first kappa shape index (κ1) is 25.0. The van der Waals surface area contributed by atoms with Crippen molar-refractivity contribution >= 4 is 33.2 Å². The topological polar surface area (TPSA) is 114 Å². The maximum atomic E-state index is 12.8. The highest BCUT2D eigenvalue weighted by atomic mass is 32.2. The average molecular weight is 464 g/mol. The lowest BCUT2D eigenvalue weighted by molar-refractivity contribution is -0.114. The van der Waals surface area contributed by atoms with Gasteiger partial charge in [-0.1, -0.05) is 19.1 Å². The third kappa shape index (κ3) is 6.36. The van der Waals surface area contributed by atoms with Crippen molar-refractivity contribution in [2.45, 2.75) is 26.3 Å². The van der Waals surface area contributed by atoms with Gasteiger partial charge in [0.2, 0.25) is 15.9 Å². The molecule has 0 aliphatic rings. The fourth-order valence-electron chi connectivity index (χ4n) is 2.89. The SMILES string of the molecule is CC[C@@H](C)NC(=O)c1ccccc1NC(=O)CN(c1ccc(OC)cc1OC)S(C)(=O)=O. The van der Waals surface area contributed by atoms with Crippen LogP contribution in [0.25, 0.3) is 0 Å². The number of para-hydroxylation sites is 1. The molecule has 0 heterocycles. The van der Waals surface area contributed by atoms with E-state index in [1.165, 1.54) is 26.4 Å². The van der Waals surface area contributed by atoms with Crippen molar-refractivity contribution in [1.29, 1.82) is 0 Å². The minimum Gasteiger partial charge on any atom is -0.497 e. The molecule has 2 N–H and O–H groups in total.